The Morgan fingerprint density at radius 2 is 1.16 bits per heavy atom. The minimum absolute atomic E-state index is 0.176. The third-order valence-electron chi connectivity index (χ3n) is 5.88. The van der Waals surface area contributed by atoms with E-state index in [-0.39, 0.29) is 5.92 Å². The Morgan fingerprint density at radius 3 is 1.68 bits per heavy atom. The molecular weight excluding hydrogens is 487 g/mol. The van der Waals surface area contributed by atoms with Crippen molar-refractivity contribution in [3.05, 3.63) is 146 Å². The van der Waals surface area contributed by atoms with Gasteiger partial charge in [0.05, 0.1) is 0 Å². The third kappa shape index (κ3) is 4.67. The molecule has 0 aliphatic carbocycles. The van der Waals surface area contributed by atoms with Crippen LogP contribution in [0.15, 0.2) is 103 Å². The molecule has 0 amide bonds. The van der Waals surface area contributed by atoms with Crippen molar-refractivity contribution in [1.29, 1.82) is 0 Å². The first-order chi connectivity index (χ1) is 15.1. The van der Waals surface area contributed by atoms with Gasteiger partial charge in [-0.15, -0.1) is 0 Å². The van der Waals surface area contributed by atoms with Gasteiger partial charge in [0.25, 0.3) is 0 Å². The van der Waals surface area contributed by atoms with Crippen LogP contribution >= 0.6 is 22.6 Å². The Bertz CT molecular complexity index is 1150. The minimum atomic E-state index is 0.176. The lowest BCUT2D eigenvalue weighted by Crippen LogP contribution is -2.04. The van der Waals surface area contributed by atoms with Crippen LogP contribution in [-0.4, -0.2) is 0 Å². The molecule has 0 heterocycles. The molecule has 0 fully saturated rings. The third-order valence-corrected chi connectivity index (χ3v) is 7.54. The summed E-state index contributed by atoms with van der Waals surface area (Å²) < 4.78 is 1.34. The molecule has 1 heteroatoms. The lowest BCUT2D eigenvalue weighted by Gasteiger charge is -2.21. The largest absolute Gasteiger partial charge is 0.0641 e. The zero-order valence-corrected chi connectivity index (χ0v) is 20.4. The number of allylic oxidation sites excluding steroid dienone is 1. The molecule has 31 heavy (non-hydrogen) atoms. The van der Waals surface area contributed by atoms with E-state index in [1.54, 1.807) is 0 Å². The topological polar surface area (TPSA) is 0 Å². The van der Waals surface area contributed by atoms with Crippen LogP contribution < -0.4 is 0 Å². The highest BCUT2D eigenvalue weighted by Crippen LogP contribution is 2.37. The second-order valence-electron chi connectivity index (χ2n) is 8.07. The average Bonchev–Trinajstić information content (AvgIpc) is 2.81. The molecule has 4 aromatic carbocycles. The van der Waals surface area contributed by atoms with Gasteiger partial charge in [0.1, 0.15) is 0 Å². The van der Waals surface area contributed by atoms with Crippen LogP contribution in [0.2, 0.25) is 0 Å². The number of hydrogen-bond acceptors (Lipinski definition) is 0. The van der Waals surface area contributed by atoms with E-state index >= 15 is 0 Å². The van der Waals surface area contributed by atoms with Crippen LogP contribution in [0.4, 0.5) is 0 Å². The summed E-state index contributed by atoms with van der Waals surface area (Å²) in [5, 5.41) is 0. The molecule has 0 aliphatic heterocycles. The van der Waals surface area contributed by atoms with Gasteiger partial charge in [-0.05, 0) is 87.9 Å². The summed E-state index contributed by atoms with van der Waals surface area (Å²) >= 11 is 2.49. The molecule has 0 saturated carbocycles. The van der Waals surface area contributed by atoms with Crippen LogP contribution in [0, 0.1) is 24.3 Å². The Labute approximate surface area is 199 Å². The first-order valence-electron chi connectivity index (χ1n) is 10.7. The predicted molar refractivity (Wildman–Crippen MR) is 142 cm³/mol. The molecule has 4 rings (SSSR count). The van der Waals surface area contributed by atoms with Gasteiger partial charge in [-0.1, -0.05) is 103 Å². The van der Waals surface area contributed by atoms with Crippen molar-refractivity contribution in [2.45, 2.75) is 26.7 Å². The van der Waals surface area contributed by atoms with Crippen LogP contribution in [0.1, 0.15) is 44.9 Å². The molecule has 0 unspecified atom stereocenters. The van der Waals surface area contributed by atoms with Gasteiger partial charge in [0.2, 0.25) is 0 Å². The second kappa shape index (κ2) is 9.65. The average molecular weight is 514 g/mol. The van der Waals surface area contributed by atoms with E-state index in [0.717, 1.165) is 0 Å². The summed E-state index contributed by atoms with van der Waals surface area (Å²) in [6.07, 6.45) is 2.46. The van der Waals surface area contributed by atoms with Crippen molar-refractivity contribution in [3.63, 3.8) is 0 Å². The van der Waals surface area contributed by atoms with Gasteiger partial charge in [0.15, 0.2) is 0 Å². The van der Waals surface area contributed by atoms with Gasteiger partial charge in [0, 0.05) is 9.49 Å². The highest BCUT2D eigenvalue weighted by atomic mass is 127. The maximum atomic E-state index is 2.49. The van der Waals surface area contributed by atoms with E-state index < -0.39 is 0 Å². The summed E-state index contributed by atoms with van der Waals surface area (Å²) in [4.78, 5) is 0. The number of halogens is 1. The molecular formula is C30H27I. The Kier molecular flexibility index (Phi) is 6.72. The normalized spacial score (nSPS) is 11.7. The lowest BCUT2D eigenvalue weighted by molar-refractivity contribution is 1.03. The molecule has 0 aromatic heterocycles. The standard InChI is InChI=1S/C30H27I/c1-21-19-22(2)30(31)23(3)29(21)28(26-17-11-6-12-18-26)20-27(24-13-7-4-8-14-24)25-15-9-5-10-16-25/h4-20,27H,1-3H3/b28-20-. The minimum Gasteiger partial charge on any atom is -0.0641 e. The Balaban J connectivity index is 2.00. The predicted octanol–water partition coefficient (Wildman–Crippen LogP) is 8.48. The van der Waals surface area contributed by atoms with E-state index in [1.807, 2.05) is 0 Å². The quantitative estimate of drug-likeness (QED) is 0.234. The van der Waals surface area contributed by atoms with E-state index in [0.29, 0.717) is 0 Å². The van der Waals surface area contributed by atoms with Crippen molar-refractivity contribution < 1.29 is 0 Å². The number of benzene rings is 4. The highest BCUT2D eigenvalue weighted by Gasteiger charge is 2.19. The molecule has 0 radical (unpaired) electrons. The summed E-state index contributed by atoms with van der Waals surface area (Å²) in [5.41, 5.74) is 10.5. The monoisotopic (exact) mass is 514 g/mol. The number of rotatable bonds is 5. The van der Waals surface area contributed by atoms with Crippen molar-refractivity contribution in [3.8, 4) is 0 Å². The Hall–Kier alpha value is -2.65. The summed E-state index contributed by atoms with van der Waals surface area (Å²) in [7, 11) is 0. The zero-order chi connectivity index (χ0) is 21.8. The highest BCUT2D eigenvalue weighted by molar-refractivity contribution is 14.1. The van der Waals surface area contributed by atoms with E-state index in [4.69, 9.17) is 0 Å². The molecule has 0 atom stereocenters. The van der Waals surface area contributed by atoms with E-state index in [9.17, 15) is 0 Å². The summed E-state index contributed by atoms with van der Waals surface area (Å²) in [6.45, 7) is 6.70. The van der Waals surface area contributed by atoms with Crippen molar-refractivity contribution in [2.24, 2.45) is 0 Å². The summed E-state index contributed by atoms with van der Waals surface area (Å²) in [5.74, 6) is 0.176. The SMILES string of the molecule is Cc1cc(C)c(/C(=C\C(c2ccccc2)c2ccccc2)c2ccccc2)c(C)c1I. The second-order valence-corrected chi connectivity index (χ2v) is 9.15. The molecule has 0 spiro atoms. The van der Waals surface area contributed by atoms with E-state index in [2.05, 4.69) is 146 Å². The molecule has 4 aromatic rings. The van der Waals surface area contributed by atoms with Crippen molar-refractivity contribution >= 4 is 28.2 Å². The molecule has 0 aliphatic rings. The first kappa shape index (κ1) is 21.6. The smallest absolute Gasteiger partial charge is 0.0278 e. The van der Waals surface area contributed by atoms with E-state index in [1.165, 1.54) is 48.1 Å². The van der Waals surface area contributed by atoms with Crippen molar-refractivity contribution in [2.75, 3.05) is 0 Å². The molecule has 0 bridgehead atoms. The molecule has 0 nitrogen and oxygen atoms in total. The summed E-state index contributed by atoms with van der Waals surface area (Å²) in [6, 6.07) is 34.8. The molecule has 0 N–H and O–H groups in total. The van der Waals surface area contributed by atoms with Gasteiger partial charge < -0.3 is 0 Å². The van der Waals surface area contributed by atoms with Gasteiger partial charge in [-0.3, -0.25) is 0 Å². The maximum absolute atomic E-state index is 2.49. The maximum Gasteiger partial charge on any atom is 0.0278 e. The number of aryl methyl sites for hydroxylation is 2. The van der Waals surface area contributed by atoms with Crippen LogP contribution in [0.5, 0.6) is 0 Å². The van der Waals surface area contributed by atoms with Crippen LogP contribution in [-0.2, 0) is 0 Å². The fourth-order valence-corrected chi connectivity index (χ4v) is 4.82. The fraction of sp³-hybridized carbons (Fsp3) is 0.133. The zero-order valence-electron chi connectivity index (χ0n) is 18.3. The first-order valence-corrected chi connectivity index (χ1v) is 11.8. The Morgan fingerprint density at radius 1 is 0.677 bits per heavy atom. The van der Waals surface area contributed by atoms with Crippen LogP contribution in [0.25, 0.3) is 5.57 Å². The van der Waals surface area contributed by atoms with Gasteiger partial charge >= 0.3 is 0 Å². The lowest BCUT2D eigenvalue weighted by atomic mass is 9.83. The van der Waals surface area contributed by atoms with Gasteiger partial charge in [-0.25, -0.2) is 0 Å². The number of hydrogen-bond donors (Lipinski definition) is 0. The van der Waals surface area contributed by atoms with Crippen LogP contribution in [0.3, 0.4) is 0 Å². The molecule has 154 valence electrons. The molecule has 0 saturated heterocycles. The van der Waals surface area contributed by atoms with Gasteiger partial charge in [-0.2, -0.15) is 0 Å². The fourth-order valence-electron chi connectivity index (χ4n) is 4.39. The van der Waals surface area contributed by atoms with Crippen molar-refractivity contribution in [1.82, 2.24) is 0 Å².